The van der Waals surface area contributed by atoms with Gasteiger partial charge in [0.05, 0.1) is 17.5 Å². The predicted octanol–water partition coefficient (Wildman–Crippen LogP) is 5.66. The molecule has 1 aromatic heterocycles. The number of fused-ring (bicyclic) bond motifs is 2. The van der Waals surface area contributed by atoms with Crippen LogP contribution in [0.25, 0.3) is 16.5 Å². The van der Waals surface area contributed by atoms with Crippen molar-refractivity contribution in [1.29, 1.82) is 0 Å². The van der Waals surface area contributed by atoms with Crippen molar-refractivity contribution in [1.82, 2.24) is 14.8 Å². The molecule has 1 aliphatic carbocycles. The minimum absolute atomic E-state index is 0.0358. The van der Waals surface area contributed by atoms with Crippen molar-refractivity contribution in [2.24, 2.45) is 0 Å². The molecule has 36 heavy (non-hydrogen) atoms. The van der Waals surface area contributed by atoms with E-state index in [0.717, 1.165) is 15.9 Å². The molecule has 0 saturated carbocycles. The van der Waals surface area contributed by atoms with Crippen LogP contribution >= 0.6 is 10.5 Å². The van der Waals surface area contributed by atoms with E-state index >= 15 is 13.2 Å². The van der Waals surface area contributed by atoms with Gasteiger partial charge in [-0.05, 0) is 37.3 Å². The normalized spacial score (nSPS) is 26.5. The van der Waals surface area contributed by atoms with Gasteiger partial charge in [0.25, 0.3) is 5.92 Å². The zero-order valence-electron chi connectivity index (χ0n) is 19.7. The van der Waals surface area contributed by atoms with Crippen molar-refractivity contribution < 1.29 is 35.8 Å². The zero-order valence-corrected chi connectivity index (χ0v) is 20.6. The number of halogens is 5. The minimum Gasteiger partial charge on any atom is -0.354 e. The van der Waals surface area contributed by atoms with Crippen molar-refractivity contribution in [3.63, 3.8) is 0 Å². The van der Waals surface area contributed by atoms with E-state index in [1.54, 1.807) is 6.92 Å². The first-order valence-electron chi connectivity index (χ1n) is 11.4. The maximum atomic E-state index is 15.4. The second-order valence-corrected chi connectivity index (χ2v) is 12.3. The quantitative estimate of drug-likeness (QED) is 0.486. The Morgan fingerprint density at radius 3 is 2.67 bits per heavy atom. The second-order valence-electron chi connectivity index (χ2n) is 9.37. The molecule has 13 heteroatoms. The number of nitrogens with one attached hydrogen (secondary N) is 1. The summed E-state index contributed by atoms with van der Waals surface area (Å²) in [7, 11) is -2.48. The van der Waals surface area contributed by atoms with Crippen LogP contribution in [0.2, 0.25) is 0 Å². The minimum atomic E-state index is -3.40. The second kappa shape index (κ2) is 8.45. The number of carbonyl (C=O) groups is 1. The van der Waals surface area contributed by atoms with Crippen LogP contribution in [-0.2, 0) is 0 Å². The highest BCUT2D eigenvalue weighted by Crippen LogP contribution is 2.47. The van der Waals surface area contributed by atoms with Gasteiger partial charge in [-0.25, -0.2) is 26.7 Å². The number of amides is 2. The molecular formula is C23H25F5N4O3S. The number of hydrogen-bond acceptors (Lipinski definition) is 5. The molecule has 1 unspecified atom stereocenters. The highest BCUT2D eigenvalue weighted by Gasteiger charge is 2.63. The summed E-state index contributed by atoms with van der Waals surface area (Å²) in [6.45, 7) is 2.18. The molecule has 0 bridgehead atoms. The maximum absolute atomic E-state index is 15.4. The molecule has 2 fully saturated rings. The molecule has 2 aliphatic heterocycles. The molecule has 196 valence electrons. The SMILES string of the molecule is CCS(C)(O)N[C@@H]1CN2C(=O)N(c3noc4cc(C)c(F)c(C5=C(F)CCC=C5F)c34)C[C@@H]2C1(F)F. The monoisotopic (exact) mass is 532 g/mol. The van der Waals surface area contributed by atoms with E-state index in [9.17, 15) is 18.1 Å². The van der Waals surface area contributed by atoms with Crippen LogP contribution in [-0.4, -0.2) is 63.7 Å². The number of carbonyl (C=O) groups excluding carboxylic acids is 1. The Hall–Kier alpha value is -2.64. The van der Waals surface area contributed by atoms with Crippen molar-refractivity contribution in [3.05, 3.63) is 40.7 Å². The molecule has 3 atom stereocenters. The first-order valence-corrected chi connectivity index (χ1v) is 13.6. The van der Waals surface area contributed by atoms with Crippen LogP contribution in [0.5, 0.6) is 0 Å². The fourth-order valence-electron chi connectivity index (χ4n) is 4.96. The third-order valence-electron chi connectivity index (χ3n) is 7.02. The number of allylic oxidation sites excluding steroid dienone is 4. The fourth-order valence-corrected chi connectivity index (χ4v) is 5.97. The van der Waals surface area contributed by atoms with Gasteiger partial charge in [-0.3, -0.25) is 9.62 Å². The molecule has 7 nitrogen and oxygen atoms in total. The van der Waals surface area contributed by atoms with Gasteiger partial charge >= 0.3 is 6.03 Å². The summed E-state index contributed by atoms with van der Waals surface area (Å²) in [5.74, 6) is -6.19. The number of nitrogens with zero attached hydrogens (tertiary/aromatic N) is 3. The summed E-state index contributed by atoms with van der Waals surface area (Å²) < 4.78 is 93.7. The summed E-state index contributed by atoms with van der Waals surface area (Å²) in [5.41, 5.74) is -1.05. The third-order valence-corrected chi connectivity index (χ3v) is 8.94. The van der Waals surface area contributed by atoms with E-state index in [1.807, 2.05) is 0 Å². The summed E-state index contributed by atoms with van der Waals surface area (Å²) >= 11 is 0. The first-order chi connectivity index (χ1) is 16.9. The summed E-state index contributed by atoms with van der Waals surface area (Å²) in [4.78, 5) is 15.1. The zero-order chi connectivity index (χ0) is 26.2. The lowest BCUT2D eigenvalue weighted by Gasteiger charge is -2.35. The number of aromatic nitrogens is 1. The molecule has 0 radical (unpaired) electrons. The molecular weight excluding hydrogens is 507 g/mol. The molecule has 3 aliphatic rings. The Morgan fingerprint density at radius 2 is 2.03 bits per heavy atom. The van der Waals surface area contributed by atoms with Crippen molar-refractivity contribution in [2.75, 3.05) is 30.0 Å². The highest BCUT2D eigenvalue weighted by molar-refractivity contribution is 8.26. The summed E-state index contributed by atoms with van der Waals surface area (Å²) in [6.07, 6.45) is 2.55. The van der Waals surface area contributed by atoms with Gasteiger partial charge in [-0.1, -0.05) is 22.6 Å². The van der Waals surface area contributed by atoms with Gasteiger partial charge in [0.15, 0.2) is 11.4 Å². The number of benzene rings is 1. The Morgan fingerprint density at radius 1 is 1.31 bits per heavy atom. The van der Waals surface area contributed by atoms with Crippen LogP contribution < -0.4 is 9.62 Å². The van der Waals surface area contributed by atoms with Crippen molar-refractivity contribution in [3.8, 4) is 0 Å². The molecule has 2 amide bonds. The van der Waals surface area contributed by atoms with Crippen LogP contribution in [0.15, 0.2) is 28.3 Å². The molecule has 5 rings (SSSR count). The smallest absolute Gasteiger partial charge is 0.326 e. The Bertz CT molecular complexity index is 1320. The molecule has 2 aromatic rings. The van der Waals surface area contributed by atoms with Gasteiger partial charge in [0.1, 0.15) is 29.6 Å². The highest BCUT2D eigenvalue weighted by atomic mass is 32.3. The van der Waals surface area contributed by atoms with Gasteiger partial charge < -0.3 is 14.0 Å². The van der Waals surface area contributed by atoms with E-state index in [2.05, 4.69) is 9.88 Å². The van der Waals surface area contributed by atoms with Gasteiger partial charge in [0.2, 0.25) is 0 Å². The predicted molar refractivity (Wildman–Crippen MR) is 127 cm³/mol. The van der Waals surface area contributed by atoms with Crippen LogP contribution in [0, 0.1) is 12.7 Å². The van der Waals surface area contributed by atoms with Crippen LogP contribution in [0.3, 0.4) is 0 Å². The standard InChI is InChI=1S/C23H25F5N4O3S/c1-4-36(3,34)30-15-9-31-16(23(15,27)28)10-32(22(31)33)21-18-14(35-29-21)8-11(2)20(26)19(18)17-12(24)6-5-7-13(17)25/h6,8,15-16,30,34H,4-5,7,9-10H2,1-3H3/t15-,16-/m1/s1. The van der Waals surface area contributed by atoms with Crippen LogP contribution in [0.1, 0.15) is 30.9 Å². The number of aryl methyl sites for hydroxylation is 1. The number of alkyl halides is 2. The van der Waals surface area contributed by atoms with E-state index in [-0.39, 0.29) is 47.5 Å². The third kappa shape index (κ3) is 3.70. The molecule has 3 heterocycles. The van der Waals surface area contributed by atoms with Gasteiger partial charge in [0, 0.05) is 24.3 Å². The number of urea groups is 1. The summed E-state index contributed by atoms with van der Waals surface area (Å²) in [6, 6.07) is -2.56. The maximum Gasteiger partial charge on any atom is 0.326 e. The first kappa shape index (κ1) is 25.0. The summed E-state index contributed by atoms with van der Waals surface area (Å²) in [5, 5.41) is 3.67. The van der Waals surface area contributed by atoms with E-state index in [1.165, 1.54) is 19.2 Å². The lowest BCUT2D eigenvalue weighted by atomic mass is 9.92. The van der Waals surface area contributed by atoms with E-state index in [0.29, 0.717) is 0 Å². The Balaban J connectivity index is 1.58. The number of anilines is 1. The largest absolute Gasteiger partial charge is 0.354 e. The molecule has 0 spiro atoms. The average Bonchev–Trinajstić information content (AvgIpc) is 3.43. The van der Waals surface area contributed by atoms with Crippen LogP contribution in [0.4, 0.5) is 32.6 Å². The Labute approximate surface area is 205 Å². The molecule has 2 N–H and O–H groups in total. The van der Waals surface area contributed by atoms with E-state index in [4.69, 9.17) is 4.52 Å². The Kier molecular flexibility index (Phi) is 5.88. The lowest BCUT2D eigenvalue weighted by molar-refractivity contribution is -0.0325. The number of rotatable bonds is 5. The lowest BCUT2D eigenvalue weighted by Crippen LogP contribution is -2.49. The average molecular weight is 533 g/mol. The number of hydrogen-bond donors (Lipinski definition) is 2. The topological polar surface area (TPSA) is 81.8 Å². The van der Waals surface area contributed by atoms with Crippen molar-refractivity contribution >= 4 is 38.9 Å². The van der Waals surface area contributed by atoms with Crippen molar-refractivity contribution in [2.45, 2.75) is 44.7 Å². The van der Waals surface area contributed by atoms with Gasteiger partial charge in [-0.15, -0.1) is 0 Å². The molecule has 2 saturated heterocycles. The molecule has 1 aromatic carbocycles. The van der Waals surface area contributed by atoms with E-state index < -0.39 is 69.7 Å². The van der Waals surface area contributed by atoms with Gasteiger partial charge in [-0.2, -0.15) is 0 Å². The fraction of sp³-hybridized carbons (Fsp3) is 0.478.